The van der Waals surface area contributed by atoms with Gasteiger partial charge in [0.05, 0.1) is 13.2 Å². The Morgan fingerprint density at radius 3 is 2.77 bits per heavy atom. The lowest BCUT2D eigenvalue weighted by atomic mass is 9.77. The number of halogens is 1. The van der Waals surface area contributed by atoms with Crippen LogP contribution in [0.1, 0.15) is 51.2 Å². The molecule has 1 aliphatic heterocycles. The smallest absolute Gasteiger partial charge is 0.407 e. The first kappa shape index (κ1) is 19.5. The minimum absolute atomic E-state index is 0.147. The average molecular weight is 382 g/mol. The fourth-order valence-electron chi connectivity index (χ4n) is 3.85. The molecule has 1 atom stereocenters. The van der Waals surface area contributed by atoms with E-state index in [0.29, 0.717) is 19.8 Å². The van der Waals surface area contributed by atoms with Crippen LogP contribution < -0.4 is 5.32 Å². The number of rotatable bonds is 5. The van der Waals surface area contributed by atoms with Gasteiger partial charge in [0.1, 0.15) is 5.60 Å². The topological polar surface area (TPSA) is 56.8 Å². The van der Waals surface area contributed by atoms with Gasteiger partial charge in [-0.3, -0.25) is 0 Å². The van der Waals surface area contributed by atoms with Crippen LogP contribution in [0.4, 0.5) is 4.79 Å². The van der Waals surface area contributed by atoms with Crippen LogP contribution in [-0.2, 0) is 26.0 Å². The Balaban J connectivity index is 1.73. The molecule has 0 saturated carbocycles. The van der Waals surface area contributed by atoms with Crippen LogP contribution in [0.15, 0.2) is 18.2 Å². The molecule has 1 aliphatic carbocycles. The first-order valence-electron chi connectivity index (χ1n) is 9.26. The van der Waals surface area contributed by atoms with Crippen molar-refractivity contribution in [2.45, 2.75) is 63.8 Å². The number of hydrogen-bond acceptors (Lipinski definition) is 4. The lowest BCUT2D eigenvalue weighted by Crippen LogP contribution is -2.42. The molecule has 1 heterocycles. The Hall–Kier alpha value is -1.30. The molecule has 1 aromatic carbocycles. The van der Waals surface area contributed by atoms with Crippen molar-refractivity contribution in [3.8, 4) is 0 Å². The van der Waals surface area contributed by atoms with Gasteiger partial charge in [0.15, 0.2) is 6.29 Å². The molecule has 6 heteroatoms. The Morgan fingerprint density at radius 2 is 2.08 bits per heavy atom. The van der Waals surface area contributed by atoms with Crippen LogP contribution in [0.5, 0.6) is 0 Å². The van der Waals surface area contributed by atoms with Crippen LogP contribution in [0.3, 0.4) is 0 Å². The zero-order chi connectivity index (χ0) is 18.8. The Labute approximate surface area is 160 Å². The molecule has 0 bridgehead atoms. The number of alkyl carbamates (subject to hydrolysis) is 1. The van der Waals surface area contributed by atoms with Crippen molar-refractivity contribution in [1.82, 2.24) is 5.32 Å². The summed E-state index contributed by atoms with van der Waals surface area (Å²) in [5.41, 5.74) is 1.86. The molecular weight excluding hydrogens is 354 g/mol. The van der Waals surface area contributed by atoms with Crippen molar-refractivity contribution in [1.29, 1.82) is 0 Å². The summed E-state index contributed by atoms with van der Waals surface area (Å²) in [6.45, 7) is 7.43. The summed E-state index contributed by atoms with van der Waals surface area (Å²) in [5, 5.41) is 3.73. The SMILES string of the molecule is CC(C)(C)OC(=O)NCC1(CCC2OCCO2)CCc2cc(Cl)ccc21. The van der Waals surface area contributed by atoms with E-state index in [2.05, 4.69) is 11.4 Å². The lowest BCUT2D eigenvalue weighted by Gasteiger charge is -2.32. The Morgan fingerprint density at radius 1 is 1.35 bits per heavy atom. The van der Waals surface area contributed by atoms with Crippen molar-refractivity contribution < 1.29 is 19.0 Å². The summed E-state index contributed by atoms with van der Waals surface area (Å²) in [5.74, 6) is 0. The van der Waals surface area contributed by atoms with Crippen molar-refractivity contribution in [3.63, 3.8) is 0 Å². The predicted octanol–water partition coefficient (Wildman–Crippen LogP) is 4.20. The number of hydrogen-bond donors (Lipinski definition) is 1. The largest absolute Gasteiger partial charge is 0.444 e. The van der Waals surface area contributed by atoms with Gasteiger partial charge in [-0.15, -0.1) is 0 Å². The molecule has 1 N–H and O–H groups in total. The summed E-state index contributed by atoms with van der Waals surface area (Å²) in [4.78, 5) is 12.2. The lowest BCUT2D eigenvalue weighted by molar-refractivity contribution is -0.0513. The molecule has 1 unspecified atom stereocenters. The monoisotopic (exact) mass is 381 g/mol. The third kappa shape index (κ3) is 4.70. The molecule has 1 amide bonds. The second kappa shape index (κ2) is 7.75. The van der Waals surface area contributed by atoms with E-state index in [9.17, 15) is 4.79 Å². The number of carbonyl (C=O) groups excluding carboxylic acids is 1. The maximum atomic E-state index is 12.2. The van der Waals surface area contributed by atoms with Crippen LogP contribution >= 0.6 is 11.6 Å². The minimum Gasteiger partial charge on any atom is -0.444 e. The van der Waals surface area contributed by atoms with Gasteiger partial charge in [0.2, 0.25) is 0 Å². The third-order valence-corrected chi connectivity index (χ3v) is 5.27. The summed E-state index contributed by atoms with van der Waals surface area (Å²) in [6, 6.07) is 6.06. The van der Waals surface area contributed by atoms with Gasteiger partial charge in [0, 0.05) is 17.0 Å². The van der Waals surface area contributed by atoms with E-state index in [1.165, 1.54) is 11.1 Å². The number of aryl methyl sites for hydroxylation is 1. The molecule has 3 rings (SSSR count). The summed E-state index contributed by atoms with van der Waals surface area (Å²) < 4.78 is 16.6. The molecule has 1 fully saturated rings. The van der Waals surface area contributed by atoms with Gasteiger partial charge in [-0.25, -0.2) is 4.79 Å². The third-order valence-electron chi connectivity index (χ3n) is 5.03. The molecule has 1 aromatic rings. The maximum absolute atomic E-state index is 12.2. The number of benzene rings is 1. The fraction of sp³-hybridized carbons (Fsp3) is 0.650. The van der Waals surface area contributed by atoms with Crippen LogP contribution in [-0.4, -0.2) is 37.7 Å². The van der Waals surface area contributed by atoms with Crippen molar-refractivity contribution in [3.05, 3.63) is 34.3 Å². The van der Waals surface area contributed by atoms with Gasteiger partial charge in [-0.05, 0) is 69.7 Å². The first-order chi connectivity index (χ1) is 12.3. The summed E-state index contributed by atoms with van der Waals surface area (Å²) >= 11 is 6.17. The zero-order valence-corrected chi connectivity index (χ0v) is 16.5. The molecular formula is C20H28ClNO4. The predicted molar refractivity (Wildman–Crippen MR) is 101 cm³/mol. The van der Waals surface area contributed by atoms with E-state index in [-0.39, 0.29) is 17.8 Å². The highest BCUT2D eigenvalue weighted by Gasteiger charge is 2.40. The second-order valence-corrected chi connectivity index (χ2v) is 8.58. The van der Waals surface area contributed by atoms with Crippen molar-refractivity contribution in [2.75, 3.05) is 19.8 Å². The van der Waals surface area contributed by atoms with E-state index in [1.807, 2.05) is 32.9 Å². The Kier molecular flexibility index (Phi) is 5.80. The van der Waals surface area contributed by atoms with Crippen LogP contribution in [0, 0.1) is 0 Å². The van der Waals surface area contributed by atoms with Gasteiger partial charge in [-0.1, -0.05) is 17.7 Å². The summed E-state index contributed by atoms with van der Waals surface area (Å²) in [6.07, 6.45) is 3.07. The highest BCUT2D eigenvalue weighted by atomic mass is 35.5. The molecule has 144 valence electrons. The highest BCUT2D eigenvalue weighted by molar-refractivity contribution is 6.30. The van der Waals surface area contributed by atoms with Crippen LogP contribution in [0.2, 0.25) is 5.02 Å². The first-order valence-corrected chi connectivity index (χ1v) is 9.64. The number of fused-ring (bicyclic) bond motifs is 1. The quantitative estimate of drug-likeness (QED) is 0.830. The maximum Gasteiger partial charge on any atom is 0.407 e. The van der Waals surface area contributed by atoms with Crippen molar-refractivity contribution in [2.24, 2.45) is 0 Å². The fourth-order valence-corrected chi connectivity index (χ4v) is 4.05. The van der Waals surface area contributed by atoms with Gasteiger partial charge in [-0.2, -0.15) is 0 Å². The Bertz CT molecular complexity index is 652. The van der Waals surface area contributed by atoms with E-state index < -0.39 is 5.60 Å². The normalized spacial score (nSPS) is 23.1. The molecule has 26 heavy (non-hydrogen) atoms. The molecule has 2 aliphatic rings. The number of nitrogens with one attached hydrogen (secondary N) is 1. The molecule has 0 spiro atoms. The molecule has 0 aromatic heterocycles. The molecule has 5 nitrogen and oxygen atoms in total. The number of ether oxygens (including phenoxy) is 3. The average Bonchev–Trinajstić information content (AvgIpc) is 3.18. The standard InChI is InChI=1S/C20H28ClNO4/c1-19(2,3)26-18(23)22-13-20(9-7-17-24-10-11-25-17)8-6-14-12-15(21)4-5-16(14)20/h4-5,12,17H,6-11,13H2,1-3H3,(H,22,23). The zero-order valence-electron chi connectivity index (χ0n) is 15.8. The van der Waals surface area contributed by atoms with Gasteiger partial charge >= 0.3 is 6.09 Å². The van der Waals surface area contributed by atoms with Crippen LogP contribution in [0.25, 0.3) is 0 Å². The number of amides is 1. The van der Waals surface area contributed by atoms with E-state index in [0.717, 1.165) is 30.7 Å². The van der Waals surface area contributed by atoms with E-state index in [1.54, 1.807) is 0 Å². The van der Waals surface area contributed by atoms with Gasteiger partial charge in [0.25, 0.3) is 0 Å². The molecule has 0 radical (unpaired) electrons. The van der Waals surface area contributed by atoms with E-state index in [4.69, 9.17) is 25.8 Å². The second-order valence-electron chi connectivity index (χ2n) is 8.15. The highest BCUT2D eigenvalue weighted by Crippen LogP contribution is 2.43. The van der Waals surface area contributed by atoms with Gasteiger partial charge < -0.3 is 19.5 Å². The number of carbonyl (C=O) groups is 1. The molecule has 1 saturated heterocycles. The van der Waals surface area contributed by atoms with E-state index >= 15 is 0 Å². The van der Waals surface area contributed by atoms with Crippen molar-refractivity contribution >= 4 is 17.7 Å². The summed E-state index contributed by atoms with van der Waals surface area (Å²) in [7, 11) is 0. The minimum atomic E-state index is -0.510.